The molecule has 0 unspecified atom stereocenters. The summed E-state index contributed by atoms with van der Waals surface area (Å²) in [4.78, 5) is 0. The molecule has 0 saturated carbocycles. The molecule has 0 radical (unpaired) electrons. The van der Waals surface area contributed by atoms with E-state index in [1.807, 2.05) is 0 Å². The van der Waals surface area contributed by atoms with Gasteiger partial charge in [-0.05, 0) is 12.8 Å². The van der Waals surface area contributed by atoms with Crippen LogP contribution in [0, 0.1) is 0 Å². The summed E-state index contributed by atoms with van der Waals surface area (Å²) in [5.41, 5.74) is 0. The molecule has 2 heteroatoms. The second kappa shape index (κ2) is 7.70. The summed E-state index contributed by atoms with van der Waals surface area (Å²) in [5, 5.41) is 2.15. The number of allylic oxidation sites excluding steroid dienone is 2. The molecule has 0 spiro atoms. The number of hydrogen-bond acceptors (Lipinski definition) is 0. The van der Waals surface area contributed by atoms with Crippen molar-refractivity contribution in [2.45, 2.75) is 12.8 Å². The maximum absolute atomic E-state index is 3.34. The van der Waals surface area contributed by atoms with Crippen molar-refractivity contribution in [1.82, 2.24) is 0 Å². The van der Waals surface area contributed by atoms with E-state index in [1.165, 1.54) is 0 Å². The topological polar surface area (TPSA) is 0 Å². The van der Waals surface area contributed by atoms with Gasteiger partial charge in [-0.1, -0.05) is 44.0 Å². The predicted molar refractivity (Wildman–Crippen MR) is 46.0 cm³/mol. The third-order valence-corrected chi connectivity index (χ3v) is 1.63. The molecule has 0 aliphatic carbocycles. The first-order chi connectivity index (χ1) is 3.91. The van der Waals surface area contributed by atoms with Gasteiger partial charge in [-0.15, -0.1) is 0 Å². The van der Waals surface area contributed by atoms with Crippen molar-refractivity contribution in [2.24, 2.45) is 0 Å². The van der Waals surface area contributed by atoms with Crippen molar-refractivity contribution < 1.29 is 0 Å². The Morgan fingerprint density at radius 1 is 0.875 bits per heavy atom. The van der Waals surface area contributed by atoms with Gasteiger partial charge in [-0.3, -0.25) is 0 Å². The highest BCUT2D eigenvalue weighted by Gasteiger charge is 1.73. The van der Waals surface area contributed by atoms with E-state index in [4.69, 9.17) is 0 Å². The molecule has 48 valence electrons. The van der Waals surface area contributed by atoms with Gasteiger partial charge in [0.05, 0.1) is 0 Å². The standard InChI is InChI=1S/C6H10Br2/c7-5-3-1-2-4-6-8/h1-2H,3-6H2/b2-1-. The third-order valence-electron chi connectivity index (χ3n) is 0.718. The van der Waals surface area contributed by atoms with Crippen LogP contribution in [-0.4, -0.2) is 10.7 Å². The molecule has 0 aromatic heterocycles. The number of hydrogen-bond donors (Lipinski definition) is 0. The summed E-state index contributed by atoms with van der Waals surface area (Å²) in [6.45, 7) is 0. The number of rotatable bonds is 4. The number of alkyl halides is 2. The molecule has 0 aromatic rings. The minimum atomic E-state index is 1.08. The summed E-state index contributed by atoms with van der Waals surface area (Å²) in [6.07, 6.45) is 6.67. The average Bonchev–Trinajstić information content (AvgIpc) is 1.81. The van der Waals surface area contributed by atoms with Gasteiger partial charge >= 0.3 is 0 Å². The largest absolute Gasteiger partial charge is 0.0925 e. The van der Waals surface area contributed by atoms with Crippen molar-refractivity contribution in [3.63, 3.8) is 0 Å². The molecule has 0 aromatic carbocycles. The van der Waals surface area contributed by atoms with Gasteiger partial charge in [-0.25, -0.2) is 0 Å². The molecule has 0 atom stereocenters. The first-order valence-electron chi connectivity index (χ1n) is 2.68. The van der Waals surface area contributed by atoms with E-state index in [2.05, 4.69) is 44.0 Å². The molecule has 0 rings (SSSR count). The Morgan fingerprint density at radius 3 is 1.50 bits per heavy atom. The van der Waals surface area contributed by atoms with Crippen LogP contribution in [0.3, 0.4) is 0 Å². The lowest BCUT2D eigenvalue weighted by Gasteiger charge is -1.81. The highest BCUT2D eigenvalue weighted by atomic mass is 79.9. The van der Waals surface area contributed by atoms with Crippen molar-refractivity contribution in [3.8, 4) is 0 Å². The van der Waals surface area contributed by atoms with Gasteiger partial charge in [0, 0.05) is 10.7 Å². The van der Waals surface area contributed by atoms with Crippen LogP contribution in [0.4, 0.5) is 0 Å². The minimum absolute atomic E-state index is 1.08. The SMILES string of the molecule is BrCC/C=C\CCBr. The van der Waals surface area contributed by atoms with Gasteiger partial charge in [0.1, 0.15) is 0 Å². The Bertz CT molecular complexity index is 51.5. The van der Waals surface area contributed by atoms with Crippen LogP contribution < -0.4 is 0 Å². The number of halogens is 2. The lowest BCUT2D eigenvalue weighted by atomic mass is 10.4. The van der Waals surface area contributed by atoms with Crippen LogP contribution in [0.1, 0.15) is 12.8 Å². The van der Waals surface area contributed by atoms with Gasteiger partial charge in [0.25, 0.3) is 0 Å². The molecule has 0 fully saturated rings. The van der Waals surface area contributed by atoms with Gasteiger partial charge in [0.2, 0.25) is 0 Å². The van der Waals surface area contributed by atoms with Crippen LogP contribution in [-0.2, 0) is 0 Å². The van der Waals surface area contributed by atoms with E-state index >= 15 is 0 Å². The van der Waals surface area contributed by atoms with Crippen LogP contribution in [0.15, 0.2) is 12.2 Å². The Kier molecular flexibility index (Phi) is 8.37. The molecular weight excluding hydrogens is 232 g/mol. The third kappa shape index (κ3) is 6.70. The molecule has 0 saturated heterocycles. The van der Waals surface area contributed by atoms with Crippen LogP contribution in [0.5, 0.6) is 0 Å². The fourth-order valence-electron chi connectivity index (χ4n) is 0.362. The second-order valence-corrected chi connectivity index (χ2v) is 3.01. The van der Waals surface area contributed by atoms with E-state index in [0.717, 1.165) is 23.5 Å². The van der Waals surface area contributed by atoms with Gasteiger partial charge in [0.15, 0.2) is 0 Å². The molecule has 0 N–H and O–H groups in total. The Hall–Kier alpha value is 0.700. The summed E-state index contributed by atoms with van der Waals surface area (Å²) < 4.78 is 0. The highest BCUT2D eigenvalue weighted by molar-refractivity contribution is 9.09. The fourth-order valence-corrected chi connectivity index (χ4v) is 0.890. The fraction of sp³-hybridized carbons (Fsp3) is 0.667. The lowest BCUT2D eigenvalue weighted by Crippen LogP contribution is -1.67. The van der Waals surface area contributed by atoms with Crippen molar-refractivity contribution in [2.75, 3.05) is 10.7 Å². The zero-order valence-corrected chi connectivity index (χ0v) is 7.91. The maximum atomic E-state index is 3.34. The minimum Gasteiger partial charge on any atom is -0.0925 e. The molecule has 0 heterocycles. The average molecular weight is 242 g/mol. The van der Waals surface area contributed by atoms with E-state index in [0.29, 0.717) is 0 Å². The first-order valence-corrected chi connectivity index (χ1v) is 4.93. The zero-order chi connectivity index (χ0) is 6.24. The van der Waals surface area contributed by atoms with Crippen LogP contribution in [0.2, 0.25) is 0 Å². The summed E-state index contributed by atoms with van der Waals surface area (Å²) in [7, 11) is 0. The van der Waals surface area contributed by atoms with Crippen molar-refractivity contribution >= 4 is 31.9 Å². The van der Waals surface area contributed by atoms with E-state index in [1.54, 1.807) is 0 Å². The first kappa shape index (κ1) is 8.70. The van der Waals surface area contributed by atoms with Crippen molar-refractivity contribution in [3.05, 3.63) is 12.2 Å². The van der Waals surface area contributed by atoms with Crippen molar-refractivity contribution in [1.29, 1.82) is 0 Å². The van der Waals surface area contributed by atoms with Crippen LogP contribution >= 0.6 is 31.9 Å². The Morgan fingerprint density at radius 2 is 1.25 bits per heavy atom. The summed E-state index contributed by atoms with van der Waals surface area (Å²) in [6, 6.07) is 0. The molecule has 8 heavy (non-hydrogen) atoms. The second-order valence-electron chi connectivity index (χ2n) is 1.43. The molecule has 0 aliphatic heterocycles. The molecular formula is C6H10Br2. The lowest BCUT2D eigenvalue weighted by molar-refractivity contribution is 1.19. The van der Waals surface area contributed by atoms with Crippen LogP contribution in [0.25, 0.3) is 0 Å². The van der Waals surface area contributed by atoms with E-state index in [9.17, 15) is 0 Å². The highest BCUT2D eigenvalue weighted by Crippen LogP contribution is 1.93. The Labute approximate surface area is 67.6 Å². The van der Waals surface area contributed by atoms with E-state index < -0.39 is 0 Å². The molecule has 0 nitrogen and oxygen atoms in total. The molecule has 0 aliphatic rings. The predicted octanol–water partition coefficient (Wildman–Crippen LogP) is 3.11. The monoisotopic (exact) mass is 240 g/mol. The zero-order valence-electron chi connectivity index (χ0n) is 4.74. The van der Waals surface area contributed by atoms with Gasteiger partial charge in [-0.2, -0.15) is 0 Å². The molecule has 0 bridgehead atoms. The quantitative estimate of drug-likeness (QED) is 0.524. The van der Waals surface area contributed by atoms with E-state index in [-0.39, 0.29) is 0 Å². The summed E-state index contributed by atoms with van der Waals surface area (Å²) >= 11 is 6.68. The smallest absolute Gasteiger partial charge is 0.00659 e. The summed E-state index contributed by atoms with van der Waals surface area (Å²) in [5.74, 6) is 0. The van der Waals surface area contributed by atoms with Gasteiger partial charge < -0.3 is 0 Å². The molecule has 0 amide bonds. The Balaban J connectivity index is 2.83. The maximum Gasteiger partial charge on any atom is 0.00659 e. The normalized spacial score (nSPS) is 10.8.